The van der Waals surface area contributed by atoms with Crippen molar-refractivity contribution in [1.82, 2.24) is 0 Å². The minimum atomic E-state index is -3.81. The fourth-order valence-electron chi connectivity index (χ4n) is 9.95. The van der Waals surface area contributed by atoms with Gasteiger partial charge in [-0.25, -0.2) is 0 Å². The van der Waals surface area contributed by atoms with E-state index in [1.165, 1.54) is 122 Å². The average molecular weight is 1130 g/mol. The summed E-state index contributed by atoms with van der Waals surface area (Å²) in [5, 5.41) is 0. The van der Waals surface area contributed by atoms with Gasteiger partial charge in [-0.2, -0.15) is 0 Å². The summed E-state index contributed by atoms with van der Waals surface area (Å²) in [7, 11) is -7.61. The number of rotatable bonds is 44. The molecule has 0 aliphatic heterocycles. The molecule has 0 N–H and O–H groups in total. The van der Waals surface area contributed by atoms with Crippen molar-refractivity contribution in [1.29, 1.82) is 0 Å². The molecule has 4 nitrogen and oxygen atoms in total. The predicted octanol–water partition coefficient (Wildman–Crippen LogP) is 17.2. The molecule has 0 spiro atoms. The molecule has 1 rings (SSSR count). The summed E-state index contributed by atoms with van der Waals surface area (Å²) >= 11 is -5.02. The van der Waals surface area contributed by atoms with Crippen LogP contribution in [0.4, 0.5) is 0 Å². The van der Waals surface area contributed by atoms with Gasteiger partial charge in [-0.1, -0.05) is 39.5 Å². The monoisotopic (exact) mass is 1130 g/mol. The first kappa shape index (κ1) is 60.2. The first-order chi connectivity index (χ1) is 29.5. The van der Waals surface area contributed by atoms with Gasteiger partial charge in [0.1, 0.15) is 0 Å². The molecule has 1 heterocycles. The van der Waals surface area contributed by atoms with Crippen molar-refractivity contribution in [2.45, 2.75) is 297 Å². The molecule has 1 aromatic heterocycles. The van der Waals surface area contributed by atoms with Crippen LogP contribution in [0.3, 0.4) is 0 Å². The fourth-order valence-corrected chi connectivity index (χ4v) is 63.2. The summed E-state index contributed by atoms with van der Waals surface area (Å²) in [5.41, 5.74) is 0. The Morgan fingerprint density at radius 3 is 0.705 bits per heavy atom. The van der Waals surface area contributed by atoms with E-state index in [1.807, 2.05) is 11.3 Å². The van der Waals surface area contributed by atoms with E-state index < -0.39 is 56.4 Å². The molecule has 0 aliphatic carbocycles. The SMILES string of the molecule is CCCCCCCCCCCCS(=O)(=O)c1[c]([Sn]([CH2]CCC)([CH2]CCC)[CH2]CCC)s[c]([Sn]([CH2]CCC)([CH2]CCC)[CH2]CCC)c1S(=O)(=O)CCCCCCCCCCCC. The van der Waals surface area contributed by atoms with Gasteiger partial charge < -0.3 is 0 Å². The minimum Gasteiger partial charge on any atom is -0.0654 e. The number of sulfone groups is 2. The Bertz CT molecular complexity index is 1270. The quantitative estimate of drug-likeness (QED) is 0.0482. The van der Waals surface area contributed by atoms with E-state index in [-0.39, 0.29) is 11.5 Å². The molecule has 0 bridgehead atoms. The third-order valence-corrected chi connectivity index (χ3v) is 56.9. The van der Waals surface area contributed by atoms with E-state index in [0.29, 0.717) is 22.6 Å². The van der Waals surface area contributed by atoms with E-state index in [9.17, 15) is 0 Å². The molecule has 0 fully saturated rings. The Morgan fingerprint density at radius 1 is 0.295 bits per heavy atom. The number of thiophene rings is 1. The molecular formula is C52H104O4S3Sn2. The average Bonchev–Trinajstić information content (AvgIpc) is 3.69. The molecule has 9 heteroatoms. The van der Waals surface area contributed by atoms with Gasteiger partial charge in [0.05, 0.1) is 0 Å². The minimum absolute atomic E-state index is 0.117. The standard InChI is InChI=1S/C28H50O4S3.6C4H9.2Sn/c1-3-5-7-9-11-13-15-17-19-21-23-34(29,30)27-25-33-26-28(27)35(31,32)24-22-20-18-16-14-12-10-8-6-4-2;6*1-3-4-2;;/h3-24H2,1-2H3;6*1,3-4H2,2H3;;. The van der Waals surface area contributed by atoms with Crippen molar-refractivity contribution < 1.29 is 16.8 Å². The van der Waals surface area contributed by atoms with Crippen molar-refractivity contribution in [3.05, 3.63) is 0 Å². The first-order valence-electron chi connectivity index (χ1n) is 27.1. The van der Waals surface area contributed by atoms with Crippen LogP contribution in [0.1, 0.15) is 261 Å². The smallest absolute Gasteiger partial charge is 0.0654 e. The molecule has 0 amide bonds. The van der Waals surface area contributed by atoms with Gasteiger partial charge in [0.2, 0.25) is 0 Å². The van der Waals surface area contributed by atoms with Crippen LogP contribution < -0.4 is 5.79 Å². The zero-order valence-electron chi connectivity index (χ0n) is 42.1. The van der Waals surface area contributed by atoms with Crippen molar-refractivity contribution >= 4 is 73.6 Å². The summed E-state index contributed by atoms with van der Waals surface area (Å²) in [6.07, 6.45) is 36.7. The summed E-state index contributed by atoms with van der Waals surface area (Å²) in [6, 6.07) is 0. The van der Waals surface area contributed by atoms with Crippen LogP contribution in [0.25, 0.3) is 0 Å². The third kappa shape index (κ3) is 22.7. The van der Waals surface area contributed by atoms with Crippen LogP contribution in [-0.4, -0.2) is 65.1 Å². The number of unbranched alkanes of at least 4 members (excludes halogenated alkanes) is 24. The van der Waals surface area contributed by atoms with Crippen molar-refractivity contribution in [2.24, 2.45) is 0 Å². The Morgan fingerprint density at radius 2 is 0.492 bits per heavy atom. The molecule has 0 aliphatic rings. The van der Waals surface area contributed by atoms with E-state index in [2.05, 4.69) is 55.4 Å². The summed E-state index contributed by atoms with van der Waals surface area (Å²) in [6.45, 7) is 18.3. The summed E-state index contributed by atoms with van der Waals surface area (Å²) in [5.74, 6) is 0.234. The first-order valence-corrected chi connectivity index (χ1v) is 46.2. The molecule has 0 atom stereocenters. The van der Waals surface area contributed by atoms with Crippen molar-refractivity contribution in [3.8, 4) is 0 Å². The van der Waals surface area contributed by atoms with Gasteiger partial charge in [-0.3, -0.25) is 0 Å². The second-order valence-electron chi connectivity index (χ2n) is 19.6. The van der Waals surface area contributed by atoms with Crippen molar-refractivity contribution in [2.75, 3.05) is 11.5 Å². The fraction of sp³-hybridized carbons (Fsp3) is 0.923. The molecule has 1 aromatic rings. The molecule has 362 valence electrons. The topological polar surface area (TPSA) is 68.3 Å². The van der Waals surface area contributed by atoms with Gasteiger partial charge >= 0.3 is 360 Å². The Labute approximate surface area is 395 Å². The summed E-state index contributed by atoms with van der Waals surface area (Å²) in [4.78, 5) is 0.889. The van der Waals surface area contributed by atoms with Gasteiger partial charge in [-0.15, -0.1) is 0 Å². The van der Waals surface area contributed by atoms with Crippen molar-refractivity contribution in [3.63, 3.8) is 0 Å². The van der Waals surface area contributed by atoms with Gasteiger partial charge in [0.25, 0.3) is 0 Å². The molecule has 0 saturated heterocycles. The summed E-state index contributed by atoms with van der Waals surface area (Å²) < 4.78 is 71.7. The zero-order chi connectivity index (χ0) is 45.3. The Hall–Kier alpha value is 1.20. The second kappa shape index (κ2) is 36.3. The zero-order valence-corrected chi connectivity index (χ0v) is 50.3. The van der Waals surface area contributed by atoms with E-state index in [4.69, 9.17) is 0 Å². The third-order valence-electron chi connectivity index (χ3n) is 14.0. The molecule has 61 heavy (non-hydrogen) atoms. The van der Waals surface area contributed by atoms with Crippen LogP contribution in [0.5, 0.6) is 0 Å². The predicted molar refractivity (Wildman–Crippen MR) is 281 cm³/mol. The maximum absolute atomic E-state index is 15.5. The number of hydrogen-bond acceptors (Lipinski definition) is 5. The molecular weight excluding hydrogens is 1020 g/mol. The van der Waals surface area contributed by atoms with Crippen LogP contribution in [0.2, 0.25) is 26.6 Å². The molecule has 0 unspecified atom stereocenters. The van der Waals surface area contributed by atoms with Gasteiger partial charge in [0.15, 0.2) is 0 Å². The second-order valence-corrected chi connectivity index (χ2v) is 52.8. The van der Waals surface area contributed by atoms with Crippen LogP contribution in [0, 0.1) is 0 Å². The van der Waals surface area contributed by atoms with E-state index in [0.717, 1.165) is 103 Å². The Balaban J connectivity index is 4.07. The molecule has 0 aromatic carbocycles. The van der Waals surface area contributed by atoms with E-state index in [1.54, 1.807) is 0 Å². The normalized spacial score (nSPS) is 12.9. The van der Waals surface area contributed by atoms with E-state index >= 15 is 16.8 Å². The van der Waals surface area contributed by atoms with Gasteiger partial charge in [-0.05, 0) is 0 Å². The molecule has 0 saturated carbocycles. The van der Waals surface area contributed by atoms with Gasteiger partial charge in [0, 0.05) is 0 Å². The number of hydrogen-bond donors (Lipinski definition) is 0. The van der Waals surface area contributed by atoms with Crippen LogP contribution in [-0.2, 0) is 19.7 Å². The van der Waals surface area contributed by atoms with Crippen LogP contribution in [0.15, 0.2) is 9.79 Å². The molecule has 0 radical (unpaired) electrons. The van der Waals surface area contributed by atoms with Crippen LogP contribution >= 0.6 is 11.3 Å². The Kier molecular flexibility index (Phi) is 35.8. The maximum atomic E-state index is 15.5.